The summed E-state index contributed by atoms with van der Waals surface area (Å²) in [6.45, 7) is 3.55. The Morgan fingerprint density at radius 3 is 1.85 bits per heavy atom. The molecule has 0 bridgehead atoms. The van der Waals surface area contributed by atoms with E-state index in [0.717, 1.165) is 86.4 Å². The van der Waals surface area contributed by atoms with Crippen molar-refractivity contribution in [3.05, 3.63) is 71.2 Å². The van der Waals surface area contributed by atoms with Gasteiger partial charge in [0.1, 0.15) is 23.7 Å². The third kappa shape index (κ3) is 7.27. The van der Waals surface area contributed by atoms with Gasteiger partial charge in [-0.3, -0.25) is 9.59 Å². The number of allylic oxidation sites excluding steroid dienone is 4. The molecule has 11 atom stereocenters. The maximum atomic E-state index is 14.3. The van der Waals surface area contributed by atoms with E-state index in [2.05, 4.69) is 51.0 Å². The van der Waals surface area contributed by atoms with Crippen LogP contribution in [-0.4, -0.2) is 119 Å². The largest absolute Gasteiger partial charge is 0.453 e. The highest BCUT2D eigenvalue weighted by Crippen LogP contribution is 2.52. The first-order chi connectivity index (χ1) is 30.0. The molecule has 330 valence electrons. The Balaban J connectivity index is 0.916. The zero-order valence-corrected chi connectivity index (χ0v) is 36.3. The summed E-state index contributed by atoms with van der Waals surface area (Å²) in [7, 11) is 5.63. The van der Waals surface area contributed by atoms with Crippen LogP contribution in [0.25, 0.3) is 22.4 Å². The standard InChI is InChI=1S/C46H58N8O8/c1-23(59-3)39(51-45(57)61-5)43(55)53-35-11-7-9-27(35)19-37(53)41-47-21-33(49-41)25-13-15-29-31(17-25)30-16-14-26(18-32(29)30)34-22-48-42(50-34)38-20-28-10-8-12-36(28)54(38)44(56)40(24(2)60-4)52-46(58)62-6/h13,15-18,21-24,26-28,35-40H,7-12,14,19-20H2,1-6H3,(H,47,49)(H,48,50)(H,51,57)(H,52,58). The Labute approximate surface area is 361 Å². The molecule has 4 amide bonds. The van der Waals surface area contributed by atoms with Gasteiger partial charge in [0.2, 0.25) is 11.8 Å². The van der Waals surface area contributed by atoms with E-state index in [1.54, 1.807) is 13.8 Å². The van der Waals surface area contributed by atoms with Gasteiger partial charge in [0.25, 0.3) is 0 Å². The molecule has 2 saturated heterocycles. The molecule has 16 nitrogen and oxygen atoms in total. The van der Waals surface area contributed by atoms with E-state index in [1.807, 2.05) is 22.2 Å². The van der Waals surface area contributed by atoms with Crippen LogP contribution in [0.1, 0.15) is 118 Å². The van der Waals surface area contributed by atoms with Crippen LogP contribution >= 0.6 is 0 Å². The Hall–Kier alpha value is -5.48. The predicted molar refractivity (Wildman–Crippen MR) is 228 cm³/mol. The van der Waals surface area contributed by atoms with Crippen molar-refractivity contribution in [1.82, 2.24) is 40.4 Å². The average Bonchev–Trinajstić information content (AvgIpc) is 4.14. The molecule has 4 N–H and O–H groups in total. The molecule has 1 aromatic carbocycles. The van der Waals surface area contributed by atoms with Crippen molar-refractivity contribution in [2.75, 3.05) is 28.4 Å². The quantitative estimate of drug-likeness (QED) is 0.164. The van der Waals surface area contributed by atoms with Crippen LogP contribution in [0.5, 0.6) is 0 Å². The molecule has 6 aliphatic rings. The summed E-state index contributed by atoms with van der Waals surface area (Å²) in [6, 6.07) is 4.38. The number of rotatable bonds is 12. The number of hydrogen-bond donors (Lipinski definition) is 4. The number of H-pyrrole nitrogens is 2. The molecule has 16 heteroatoms. The SMILES string of the molecule is COC(=O)NC(C(=O)N1C(c2ncc(-c3ccc4c(c3)C3=CCC(c5cnc(C6CC7CCCC7N6C(=O)C(NC(=O)OC)C(C)OC)[nH]5)C=C34)[nH]2)CC2CCCC21)C(C)OC. The number of hydrogen-bond acceptors (Lipinski definition) is 10. The monoisotopic (exact) mass is 850 g/mol. The molecule has 4 aliphatic carbocycles. The number of methoxy groups -OCH3 is 4. The zero-order chi connectivity index (χ0) is 43.4. The van der Waals surface area contributed by atoms with Gasteiger partial charge in [-0.15, -0.1) is 0 Å². The van der Waals surface area contributed by atoms with Crippen molar-refractivity contribution in [3.63, 3.8) is 0 Å². The van der Waals surface area contributed by atoms with Crippen molar-refractivity contribution < 1.29 is 38.1 Å². The molecule has 2 aromatic heterocycles. The van der Waals surface area contributed by atoms with Crippen LogP contribution < -0.4 is 10.6 Å². The molecule has 0 spiro atoms. The third-order valence-corrected chi connectivity index (χ3v) is 14.7. The van der Waals surface area contributed by atoms with Crippen molar-refractivity contribution >= 4 is 35.1 Å². The summed E-state index contributed by atoms with van der Waals surface area (Å²) in [5.41, 5.74) is 7.73. The fourth-order valence-corrected chi connectivity index (χ4v) is 11.3. The Morgan fingerprint density at radius 1 is 0.726 bits per heavy atom. The van der Waals surface area contributed by atoms with Crippen LogP contribution in [0.2, 0.25) is 0 Å². The number of amides is 4. The smallest absolute Gasteiger partial charge is 0.407 e. The number of imidazole rings is 2. The molecule has 3 aromatic rings. The van der Waals surface area contributed by atoms with E-state index in [1.165, 1.54) is 50.7 Å². The lowest BCUT2D eigenvalue weighted by Gasteiger charge is -2.34. The van der Waals surface area contributed by atoms with Gasteiger partial charge in [-0.25, -0.2) is 19.6 Å². The first kappa shape index (κ1) is 41.9. The second-order valence-electron chi connectivity index (χ2n) is 17.8. The molecule has 2 aliphatic heterocycles. The Bertz CT molecular complexity index is 2280. The van der Waals surface area contributed by atoms with Gasteiger partial charge in [-0.1, -0.05) is 37.1 Å². The van der Waals surface area contributed by atoms with Crippen LogP contribution in [0.15, 0.2) is 42.7 Å². The fraction of sp³-hybridized carbons (Fsp3) is 0.565. The van der Waals surface area contributed by atoms with Crippen molar-refractivity contribution in [1.29, 1.82) is 0 Å². The van der Waals surface area contributed by atoms with Gasteiger partial charge >= 0.3 is 12.2 Å². The van der Waals surface area contributed by atoms with E-state index in [9.17, 15) is 19.2 Å². The normalized spacial score (nSPS) is 27.7. The first-order valence-corrected chi connectivity index (χ1v) is 22.1. The molecule has 2 saturated carbocycles. The molecule has 4 fully saturated rings. The number of likely N-dealkylation sites (tertiary alicyclic amines) is 2. The van der Waals surface area contributed by atoms with Crippen molar-refractivity contribution in [2.24, 2.45) is 11.8 Å². The minimum atomic E-state index is -0.896. The lowest BCUT2D eigenvalue weighted by atomic mass is 9.71. The van der Waals surface area contributed by atoms with E-state index < -0.39 is 36.5 Å². The summed E-state index contributed by atoms with van der Waals surface area (Å²) >= 11 is 0. The number of benzene rings is 1. The van der Waals surface area contributed by atoms with Gasteiger partial charge in [-0.05, 0) is 99.0 Å². The maximum Gasteiger partial charge on any atom is 0.407 e. The number of aromatic nitrogens is 4. The van der Waals surface area contributed by atoms with Gasteiger partial charge in [0, 0.05) is 49.7 Å². The molecule has 0 radical (unpaired) electrons. The van der Waals surface area contributed by atoms with Crippen LogP contribution in [0, 0.1) is 11.8 Å². The fourth-order valence-electron chi connectivity index (χ4n) is 11.3. The predicted octanol–water partition coefficient (Wildman–Crippen LogP) is 6.17. The van der Waals surface area contributed by atoms with E-state index >= 15 is 0 Å². The molecule has 11 unspecified atom stereocenters. The van der Waals surface area contributed by atoms with E-state index in [-0.39, 0.29) is 41.9 Å². The average molecular weight is 851 g/mol. The number of alkyl carbamates (subject to hydrolysis) is 2. The molecule has 9 rings (SSSR count). The lowest BCUT2D eigenvalue weighted by molar-refractivity contribution is -0.140. The lowest BCUT2D eigenvalue weighted by Crippen LogP contribution is -2.55. The number of fused-ring (bicyclic) bond motifs is 6. The first-order valence-electron chi connectivity index (χ1n) is 22.1. The van der Waals surface area contributed by atoms with Gasteiger partial charge in [0.05, 0.1) is 50.4 Å². The summed E-state index contributed by atoms with van der Waals surface area (Å²) in [5.74, 6) is 1.98. The third-order valence-electron chi connectivity index (χ3n) is 14.7. The minimum absolute atomic E-state index is 0.0741. The number of carbonyl (C=O) groups is 4. The highest BCUT2D eigenvalue weighted by Gasteiger charge is 2.51. The van der Waals surface area contributed by atoms with Crippen LogP contribution in [0.3, 0.4) is 0 Å². The van der Waals surface area contributed by atoms with E-state index in [0.29, 0.717) is 11.8 Å². The highest BCUT2D eigenvalue weighted by atomic mass is 16.5. The molecule has 4 heterocycles. The van der Waals surface area contributed by atoms with Crippen molar-refractivity contribution in [2.45, 2.75) is 126 Å². The van der Waals surface area contributed by atoms with Gasteiger partial charge < -0.3 is 49.3 Å². The summed E-state index contributed by atoms with van der Waals surface area (Å²) in [4.78, 5) is 73.9. The zero-order valence-electron chi connectivity index (χ0n) is 36.3. The Kier molecular flexibility index (Phi) is 11.5. The number of aromatic amines is 2. The van der Waals surface area contributed by atoms with Crippen LogP contribution in [0.4, 0.5) is 9.59 Å². The van der Waals surface area contributed by atoms with E-state index in [4.69, 9.17) is 28.9 Å². The second-order valence-corrected chi connectivity index (χ2v) is 17.8. The maximum absolute atomic E-state index is 14.3. The van der Waals surface area contributed by atoms with Gasteiger partial charge in [-0.2, -0.15) is 0 Å². The minimum Gasteiger partial charge on any atom is -0.453 e. The highest BCUT2D eigenvalue weighted by molar-refractivity contribution is 6.18. The number of nitrogens with zero attached hydrogens (tertiary/aromatic N) is 4. The Morgan fingerprint density at radius 2 is 1.29 bits per heavy atom. The number of carbonyl (C=O) groups excluding carboxylic acids is 4. The summed E-state index contributed by atoms with van der Waals surface area (Å²) < 4.78 is 20.8. The summed E-state index contributed by atoms with van der Waals surface area (Å²) in [5, 5.41) is 5.44. The van der Waals surface area contributed by atoms with Crippen molar-refractivity contribution in [3.8, 4) is 11.3 Å². The molecular formula is C46H58N8O8. The number of nitrogens with one attached hydrogen (secondary N) is 4. The number of ether oxygens (including phenoxy) is 4. The second kappa shape index (κ2) is 17.0. The molecular weight excluding hydrogens is 793 g/mol. The topological polar surface area (TPSA) is 193 Å². The van der Waals surface area contributed by atoms with Gasteiger partial charge in [0.15, 0.2) is 0 Å². The summed E-state index contributed by atoms with van der Waals surface area (Å²) in [6.07, 6.45) is 14.4. The molecule has 62 heavy (non-hydrogen) atoms. The van der Waals surface area contributed by atoms with Crippen LogP contribution in [-0.2, 0) is 28.5 Å².